The number of amides is 1. The van der Waals surface area contributed by atoms with E-state index in [4.69, 9.17) is 9.47 Å². The van der Waals surface area contributed by atoms with Crippen LogP contribution < -0.4 is 0 Å². The molecule has 0 aromatic carbocycles. The summed E-state index contributed by atoms with van der Waals surface area (Å²) in [5.41, 5.74) is -0.0880. The Bertz CT molecular complexity index is 299. The lowest BCUT2D eigenvalue weighted by atomic mass is 9.71. The summed E-state index contributed by atoms with van der Waals surface area (Å²) in [5.74, 6) is -0.00693. The molecule has 0 atom stereocenters. The predicted octanol–water partition coefficient (Wildman–Crippen LogP) is 1.15. The van der Waals surface area contributed by atoms with Gasteiger partial charge in [0.25, 0.3) is 0 Å². The lowest BCUT2D eigenvalue weighted by Crippen LogP contribution is -2.43. The molecular weight excluding hydrogens is 206 g/mol. The zero-order chi connectivity index (χ0) is 11.2. The Hall–Kier alpha value is -0.610. The fraction of sp³-hybridized carbons (Fsp3) is 0.917. The lowest BCUT2D eigenvalue weighted by Gasteiger charge is -2.40. The quantitative estimate of drug-likeness (QED) is 0.621. The molecule has 1 aliphatic carbocycles. The molecule has 3 rings (SSSR count). The molecule has 3 aliphatic rings. The molecule has 16 heavy (non-hydrogen) atoms. The standard InChI is InChI=1S/C12H19NO3/c1-13-7-6-11(10(13)14)2-4-12(5-3-11)15-8-9-16-12/h2-9H2,1H3. The maximum absolute atomic E-state index is 12.1. The summed E-state index contributed by atoms with van der Waals surface area (Å²) in [6.07, 6.45) is 4.63. The van der Waals surface area contributed by atoms with Gasteiger partial charge in [0.15, 0.2) is 5.79 Å². The predicted molar refractivity (Wildman–Crippen MR) is 57.8 cm³/mol. The van der Waals surface area contributed by atoms with E-state index < -0.39 is 0 Å². The molecule has 90 valence electrons. The van der Waals surface area contributed by atoms with E-state index in [9.17, 15) is 4.79 Å². The topological polar surface area (TPSA) is 38.8 Å². The zero-order valence-electron chi connectivity index (χ0n) is 9.83. The van der Waals surface area contributed by atoms with Crippen molar-refractivity contribution in [1.29, 1.82) is 0 Å². The molecule has 0 aromatic rings. The van der Waals surface area contributed by atoms with Crippen LogP contribution in [0.1, 0.15) is 32.1 Å². The highest BCUT2D eigenvalue weighted by Gasteiger charge is 2.52. The molecule has 0 aromatic heterocycles. The number of carbonyl (C=O) groups is 1. The second-order valence-electron chi connectivity index (χ2n) is 5.36. The van der Waals surface area contributed by atoms with Crippen molar-refractivity contribution in [3.63, 3.8) is 0 Å². The number of likely N-dealkylation sites (tertiary alicyclic amines) is 1. The van der Waals surface area contributed by atoms with Crippen LogP contribution in [0.4, 0.5) is 0 Å². The summed E-state index contributed by atoms with van der Waals surface area (Å²) in [6, 6.07) is 0. The van der Waals surface area contributed by atoms with E-state index in [1.807, 2.05) is 11.9 Å². The molecule has 1 saturated carbocycles. The summed E-state index contributed by atoms with van der Waals surface area (Å²) >= 11 is 0. The molecule has 0 N–H and O–H groups in total. The van der Waals surface area contributed by atoms with Crippen LogP contribution in [0.2, 0.25) is 0 Å². The van der Waals surface area contributed by atoms with Crippen LogP contribution in [0, 0.1) is 5.41 Å². The first-order valence-electron chi connectivity index (χ1n) is 6.19. The number of rotatable bonds is 0. The van der Waals surface area contributed by atoms with Crippen molar-refractivity contribution >= 4 is 5.91 Å². The largest absolute Gasteiger partial charge is 0.348 e. The van der Waals surface area contributed by atoms with Crippen LogP contribution in [0.3, 0.4) is 0 Å². The fourth-order valence-electron chi connectivity index (χ4n) is 3.35. The summed E-state index contributed by atoms with van der Waals surface area (Å²) in [5, 5.41) is 0. The third-order valence-electron chi connectivity index (χ3n) is 4.51. The molecule has 2 spiro atoms. The Morgan fingerprint density at radius 1 is 1.06 bits per heavy atom. The minimum Gasteiger partial charge on any atom is -0.348 e. The van der Waals surface area contributed by atoms with Crippen LogP contribution in [0.25, 0.3) is 0 Å². The Labute approximate surface area is 95.9 Å². The maximum atomic E-state index is 12.1. The van der Waals surface area contributed by atoms with Crippen LogP contribution in [0.15, 0.2) is 0 Å². The second kappa shape index (κ2) is 3.44. The van der Waals surface area contributed by atoms with Crippen molar-refractivity contribution in [3.05, 3.63) is 0 Å². The lowest BCUT2D eigenvalue weighted by molar-refractivity contribution is -0.192. The molecule has 0 radical (unpaired) electrons. The SMILES string of the molecule is CN1CCC2(CCC3(CC2)OCCO3)C1=O. The van der Waals surface area contributed by atoms with Gasteiger partial charge in [-0.3, -0.25) is 4.79 Å². The van der Waals surface area contributed by atoms with Gasteiger partial charge in [-0.15, -0.1) is 0 Å². The van der Waals surface area contributed by atoms with Gasteiger partial charge in [-0.25, -0.2) is 0 Å². The van der Waals surface area contributed by atoms with E-state index >= 15 is 0 Å². The summed E-state index contributed by atoms with van der Waals surface area (Å²) < 4.78 is 11.4. The number of nitrogens with zero attached hydrogens (tertiary/aromatic N) is 1. The fourth-order valence-corrected chi connectivity index (χ4v) is 3.35. The molecular formula is C12H19NO3. The highest BCUT2D eigenvalue weighted by Crippen LogP contribution is 2.49. The van der Waals surface area contributed by atoms with Gasteiger partial charge in [-0.1, -0.05) is 0 Å². The third-order valence-corrected chi connectivity index (χ3v) is 4.51. The van der Waals surface area contributed by atoms with Crippen molar-refractivity contribution in [3.8, 4) is 0 Å². The molecule has 4 nitrogen and oxygen atoms in total. The van der Waals surface area contributed by atoms with Gasteiger partial charge in [0.1, 0.15) is 0 Å². The monoisotopic (exact) mass is 225 g/mol. The summed E-state index contributed by atoms with van der Waals surface area (Å²) in [6.45, 7) is 2.33. The molecule has 0 unspecified atom stereocenters. The Morgan fingerprint density at radius 2 is 1.69 bits per heavy atom. The molecule has 1 amide bonds. The van der Waals surface area contributed by atoms with Gasteiger partial charge in [0, 0.05) is 26.4 Å². The molecule has 0 bridgehead atoms. The van der Waals surface area contributed by atoms with E-state index in [2.05, 4.69) is 0 Å². The van der Waals surface area contributed by atoms with E-state index in [1.54, 1.807) is 0 Å². The van der Waals surface area contributed by atoms with Crippen molar-refractivity contribution in [1.82, 2.24) is 4.90 Å². The number of hydrogen-bond acceptors (Lipinski definition) is 3. The second-order valence-corrected chi connectivity index (χ2v) is 5.36. The zero-order valence-corrected chi connectivity index (χ0v) is 9.83. The van der Waals surface area contributed by atoms with Gasteiger partial charge in [0.2, 0.25) is 5.91 Å². The number of ether oxygens (including phenoxy) is 2. The first-order valence-corrected chi connectivity index (χ1v) is 6.19. The van der Waals surface area contributed by atoms with Crippen LogP contribution in [-0.2, 0) is 14.3 Å². The van der Waals surface area contributed by atoms with Crippen molar-refractivity contribution in [2.75, 3.05) is 26.8 Å². The highest BCUT2D eigenvalue weighted by molar-refractivity contribution is 5.84. The highest BCUT2D eigenvalue weighted by atomic mass is 16.7. The van der Waals surface area contributed by atoms with Gasteiger partial charge >= 0.3 is 0 Å². The molecule has 3 fully saturated rings. The third kappa shape index (κ3) is 1.39. The molecule has 4 heteroatoms. The average Bonchev–Trinajstić information content (AvgIpc) is 2.85. The Balaban J connectivity index is 1.72. The van der Waals surface area contributed by atoms with Crippen LogP contribution in [0.5, 0.6) is 0 Å². The van der Waals surface area contributed by atoms with Gasteiger partial charge in [-0.2, -0.15) is 0 Å². The summed E-state index contributed by atoms with van der Waals surface area (Å²) in [4.78, 5) is 14.0. The van der Waals surface area contributed by atoms with E-state index in [0.29, 0.717) is 19.1 Å². The van der Waals surface area contributed by atoms with Crippen molar-refractivity contribution in [2.45, 2.75) is 37.9 Å². The van der Waals surface area contributed by atoms with Crippen molar-refractivity contribution in [2.24, 2.45) is 5.41 Å². The molecule has 2 saturated heterocycles. The minimum absolute atomic E-state index is 0.0880. The van der Waals surface area contributed by atoms with Crippen LogP contribution >= 0.6 is 0 Å². The molecule has 2 aliphatic heterocycles. The number of hydrogen-bond donors (Lipinski definition) is 0. The Morgan fingerprint density at radius 3 is 2.19 bits per heavy atom. The van der Waals surface area contributed by atoms with Gasteiger partial charge < -0.3 is 14.4 Å². The van der Waals surface area contributed by atoms with E-state index in [0.717, 1.165) is 38.6 Å². The average molecular weight is 225 g/mol. The van der Waals surface area contributed by atoms with E-state index in [1.165, 1.54) is 0 Å². The van der Waals surface area contributed by atoms with Gasteiger partial charge in [-0.05, 0) is 19.3 Å². The van der Waals surface area contributed by atoms with Gasteiger partial charge in [0.05, 0.1) is 18.6 Å². The normalized spacial score (nSPS) is 31.8. The minimum atomic E-state index is -0.341. The Kier molecular flexibility index (Phi) is 2.27. The number of carbonyl (C=O) groups excluding carboxylic acids is 1. The van der Waals surface area contributed by atoms with E-state index in [-0.39, 0.29) is 11.2 Å². The molecule has 2 heterocycles. The van der Waals surface area contributed by atoms with Crippen molar-refractivity contribution < 1.29 is 14.3 Å². The maximum Gasteiger partial charge on any atom is 0.228 e. The first-order chi connectivity index (χ1) is 7.66. The smallest absolute Gasteiger partial charge is 0.228 e. The first kappa shape index (κ1) is 10.5. The summed E-state index contributed by atoms with van der Waals surface area (Å²) in [7, 11) is 1.91. The van der Waals surface area contributed by atoms with Crippen LogP contribution in [-0.4, -0.2) is 43.4 Å².